The van der Waals surface area contributed by atoms with Crippen molar-refractivity contribution in [3.8, 4) is 0 Å². The molecular weight excluding hydrogens is 167 g/mol. The molecule has 12 heavy (non-hydrogen) atoms. The maximum atomic E-state index is 12.1. The topological polar surface area (TPSA) is 26.0 Å². The minimum Gasteiger partial charge on any atom is -0.320 e. The van der Waals surface area contributed by atoms with E-state index in [2.05, 4.69) is 0 Å². The molecule has 2 atom stereocenters. The first-order chi connectivity index (χ1) is 5.52. The SMILES string of the molecule is NC(C1CC=CCC1)C(F)(F)F. The first-order valence-electron chi connectivity index (χ1n) is 3.99. The quantitative estimate of drug-likeness (QED) is 0.614. The smallest absolute Gasteiger partial charge is 0.320 e. The third kappa shape index (κ3) is 2.24. The van der Waals surface area contributed by atoms with Crippen molar-refractivity contribution in [2.24, 2.45) is 11.7 Å². The minimum atomic E-state index is -4.24. The molecule has 0 aromatic rings. The van der Waals surface area contributed by atoms with Crippen LogP contribution in [0.15, 0.2) is 12.2 Å². The van der Waals surface area contributed by atoms with Gasteiger partial charge in [0.05, 0.1) is 0 Å². The number of hydrogen-bond donors (Lipinski definition) is 1. The van der Waals surface area contributed by atoms with Gasteiger partial charge >= 0.3 is 6.18 Å². The molecule has 0 radical (unpaired) electrons. The van der Waals surface area contributed by atoms with E-state index in [1.165, 1.54) is 0 Å². The third-order valence-corrected chi connectivity index (χ3v) is 2.20. The van der Waals surface area contributed by atoms with Gasteiger partial charge in [0.25, 0.3) is 0 Å². The van der Waals surface area contributed by atoms with Crippen LogP contribution in [-0.2, 0) is 0 Å². The lowest BCUT2D eigenvalue weighted by molar-refractivity contribution is -0.159. The average Bonchev–Trinajstić information content (AvgIpc) is 2.03. The summed E-state index contributed by atoms with van der Waals surface area (Å²) in [4.78, 5) is 0. The lowest BCUT2D eigenvalue weighted by Crippen LogP contribution is -2.43. The van der Waals surface area contributed by atoms with E-state index >= 15 is 0 Å². The Hall–Kier alpha value is -0.510. The summed E-state index contributed by atoms with van der Waals surface area (Å²) in [5.74, 6) is -0.421. The molecule has 1 rings (SSSR count). The van der Waals surface area contributed by atoms with Crippen LogP contribution in [0.5, 0.6) is 0 Å². The highest BCUT2D eigenvalue weighted by molar-refractivity contribution is 4.94. The van der Waals surface area contributed by atoms with Crippen molar-refractivity contribution < 1.29 is 13.2 Å². The van der Waals surface area contributed by atoms with Gasteiger partial charge in [-0.2, -0.15) is 13.2 Å². The molecule has 0 amide bonds. The summed E-state index contributed by atoms with van der Waals surface area (Å²) in [6.07, 6.45) is 1.17. The molecule has 0 saturated heterocycles. The number of nitrogens with two attached hydrogens (primary N) is 1. The predicted molar refractivity (Wildman–Crippen MR) is 40.5 cm³/mol. The molecule has 0 heterocycles. The van der Waals surface area contributed by atoms with Crippen molar-refractivity contribution in [3.63, 3.8) is 0 Å². The second-order valence-electron chi connectivity index (χ2n) is 3.11. The zero-order chi connectivity index (χ0) is 9.19. The van der Waals surface area contributed by atoms with Crippen LogP contribution in [0.4, 0.5) is 13.2 Å². The Morgan fingerprint density at radius 2 is 2.00 bits per heavy atom. The molecule has 1 aliphatic carbocycles. The first kappa shape index (κ1) is 9.58. The molecule has 70 valence electrons. The Bertz CT molecular complexity index is 174. The van der Waals surface area contributed by atoms with Crippen LogP contribution in [0.25, 0.3) is 0 Å². The van der Waals surface area contributed by atoms with Crippen molar-refractivity contribution in [2.45, 2.75) is 31.5 Å². The van der Waals surface area contributed by atoms with Crippen LogP contribution in [-0.4, -0.2) is 12.2 Å². The monoisotopic (exact) mass is 179 g/mol. The highest BCUT2D eigenvalue weighted by atomic mass is 19.4. The standard InChI is InChI=1S/C8H12F3N/c9-8(10,11)7(12)6-4-2-1-3-5-6/h1-2,6-7H,3-5,12H2. The van der Waals surface area contributed by atoms with Crippen LogP contribution in [0.3, 0.4) is 0 Å². The fourth-order valence-corrected chi connectivity index (χ4v) is 1.41. The fourth-order valence-electron chi connectivity index (χ4n) is 1.41. The van der Waals surface area contributed by atoms with Gasteiger partial charge in [-0.25, -0.2) is 0 Å². The lowest BCUT2D eigenvalue weighted by Gasteiger charge is -2.26. The normalized spacial score (nSPS) is 27.2. The number of allylic oxidation sites excluding steroid dienone is 2. The van der Waals surface area contributed by atoms with E-state index in [-0.39, 0.29) is 0 Å². The summed E-state index contributed by atoms with van der Waals surface area (Å²) in [7, 11) is 0. The molecule has 1 nitrogen and oxygen atoms in total. The van der Waals surface area contributed by atoms with Gasteiger partial charge < -0.3 is 5.73 Å². The number of alkyl halides is 3. The van der Waals surface area contributed by atoms with Crippen LogP contribution < -0.4 is 5.73 Å². The highest BCUT2D eigenvalue weighted by Crippen LogP contribution is 2.30. The van der Waals surface area contributed by atoms with Crippen molar-refractivity contribution in [3.05, 3.63) is 12.2 Å². The molecular formula is C8H12F3N. The van der Waals surface area contributed by atoms with E-state index in [4.69, 9.17) is 5.73 Å². The van der Waals surface area contributed by atoms with E-state index in [1.54, 1.807) is 6.08 Å². The molecule has 4 heteroatoms. The van der Waals surface area contributed by atoms with Crippen LogP contribution >= 0.6 is 0 Å². The van der Waals surface area contributed by atoms with Gasteiger partial charge in [-0.3, -0.25) is 0 Å². The molecule has 2 unspecified atom stereocenters. The second-order valence-corrected chi connectivity index (χ2v) is 3.11. The van der Waals surface area contributed by atoms with Gasteiger partial charge in [0.15, 0.2) is 0 Å². The van der Waals surface area contributed by atoms with Crippen molar-refractivity contribution in [1.82, 2.24) is 0 Å². The lowest BCUT2D eigenvalue weighted by atomic mass is 9.88. The molecule has 0 spiro atoms. The van der Waals surface area contributed by atoms with Crippen molar-refractivity contribution in [1.29, 1.82) is 0 Å². The van der Waals surface area contributed by atoms with Gasteiger partial charge in [0, 0.05) is 0 Å². The summed E-state index contributed by atoms with van der Waals surface area (Å²) in [6.45, 7) is 0. The largest absolute Gasteiger partial charge is 0.403 e. The number of halogens is 3. The van der Waals surface area contributed by atoms with E-state index in [9.17, 15) is 13.2 Å². The van der Waals surface area contributed by atoms with Crippen LogP contribution in [0.2, 0.25) is 0 Å². The Kier molecular flexibility index (Phi) is 2.77. The Morgan fingerprint density at radius 1 is 1.33 bits per heavy atom. The van der Waals surface area contributed by atoms with Crippen molar-refractivity contribution >= 4 is 0 Å². The first-order valence-corrected chi connectivity index (χ1v) is 3.99. The van der Waals surface area contributed by atoms with Gasteiger partial charge in [-0.1, -0.05) is 12.2 Å². The molecule has 0 saturated carbocycles. The maximum absolute atomic E-state index is 12.1. The van der Waals surface area contributed by atoms with Gasteiger partial charge in [-0.15, -0.1) is 0 Å². The molecule has 2 N–H and O–H groups in total. The summed E-state index contributed by atoms with van der Waals surface area (Å²) >= 11 is 0. The fraction of sp³-hybridized carbons (Fsp3) is 0.750. The predicted octanol–water partition coefficient (Wildman–Crippen LogP) is 2.23. The summed E-state index contributed by atoms with van der Waals surface area (Å²) < 4.78 is 36.3. The third-order valence-electron chi connectivity index (χ3n) is 2.20. The molecule has 0 fully saturated rings. The Balaban J connectivity index is 2.52. The Morgan fingerprint density at radius 3 is 2.42 bits per heavy atom. The summed E-state index contributed by atoms with van der Waals surface area (Å²) in [5.41, 5.74) is 5.07. The Labute approximate surface area is 69.4 Å². The average molecular weight is 179 g/mol. The van der Waals surface area contributed by atoms with Crippen LogP contribution in [0, 0.1) is 5.92 Å². The zero-order valence-corrected chi connectivity index (χ0v) is 6.64. The van der Waals surface area contributed by atoms with Gasteiger partial charge in [0.1, 0.15) is 6.04 Å². The van der Waals surface area contributed by atoms with Crippen LogP contribution in [0.1, 0.15) is 19.3 Å². The minimum absolute atomic E-state index is 0.421. The molecule has 0 bridgehead atoms. The maximum Gasteiger partial charge on any atom is 0.403 e. The number of rotatable bonds is 1. The van der Waals surface area contributed by atoms with E-state index in [0.717, 1.165) is 0 Å². The van der Waals surface area contributed by atoms with Gasteiger partial charge in [0.2, 0.25) is 0 Å². The highest BCUT2D eigenvalue weighted by Gasteiger charge is 2.41. The molecule has 0 aliphatic heterocycles. The molecule has 0 aromatic heterocycles. The van der Waals surface area contributed by atoms with E-state index < -0.39 is 18.1 Å². The van der Waals surface area contributed by atoms with Crippen molar-refractivity contribution in [2.75, 3.05) is 0 Å². The second kappa shape index (κ2) is 3.47. The molecule has 1 aliphatic rings. The molecule has 0 aromatic carbocycles. The summed E-state index contributed by atoms with van der Waals surface area (Å²) in [5, 5.41) is 0. The van der Waals surface area contributed by atoms with E-state index in [1.807, 2.05) is 6.08 Å². The van der Waals surface area contributed by atoms with E-state index in [0.29, 0.717) is 19.3 Å². The zero-order valence-electron chi connectivity index (χ0n) is 6.64. The van der Waals surface area contributed by atoms with Gasteiger partial charge in [-0.05, 0) is 25.2 Å². The number of hydrogen-bond acceptors (Lipinski definition) is 1. The summed E-state index contributed by atoms with van der Waals surface area (Å²) in [6, 6.07) is -1.65.